The van der Waals surface area contributed by atoms with Crippen LogP contribution in [0.25, 0.3) is 0 Å². The fraction of sp³-hybridized carbons (Fsp3) is 0.692. The van der Waals surface area contributed by atoms with Gasteiger partial charge in [0.15, 0.2) is 0 Å². The molecule has 0 bridgehead atoms. The van der Waals surface area contributed by atoms with Crippen molar-refractivity contribution in [2.75, 3.05) is 6.54 Å². The Bertz CT molecular complexity index is 611. The third-order valence-corrected chi connectivity index (χ3v) is 5.76. The minimum Gasteiger partial charge on any atom is -0.481 e. The highest BCUT2D eigenvalue weighted by Crippen LogP contribution is 2.27. The number of carboxylic acids is 1. The Morgan fingerprint density at radius 1 is 1.43 bits per heavy atom. The first-order valence-corrected chi connectivity index (χ1v) is 8.51. The smallest absolute Gasteiger partial charge is 0.305 e. The summed E-state index contributed by atoms with van der Waals surface area (Å²) in [5.41, 5.74) is 0. The SMILES string of the molecule is CC1CCC(C)N(S(=O)(=O)c2cnn(CCC(=O)O)c2)C1. The predicted octanol–water partition coefficient (Wildman–Crippen LogP) is 1.17. The highest BCUT2D eigenvalue weighted by Gasteiger charge is 2.34. The Morgan fingerprint density at radius 2 is 2.14 bits per heavy atom. The number of aromatic nitrogens is 2. The first-order chi connectivity index (χ1) is 9.80. The van der Waals surface area contributed by atoms with Crippen LogP contribution in [-0.4, -0.2) is 46.2 Å². The second-order valence-corrected chi connectivity index (χ2v) is 7.58. The van der Waals surface area contributed by atoms with Crippen LogP contribution in [0.4, 0.5) is 0 Å². The van der Waals surface area contributed by atoms with Gasteiger partial charge in [-0.3, -0.25) is 9.48 Å². The Balaban J connectivity index is 2.17. The number of aryl methyl sites for hydroxylation is 1. The number of rotatable bonds is 5. The maximum atomic E-state index is 12.7. The molecule has 0 radical (unpaired) electrons. The van der Waals surface area contributed by atoms with Crippen LogP contribution >= 0.6 is 0 Å². The topological polar surface area (TPSA) is 92.5 Å². The lowest BCUT2D eigenvalue weighted by molar-refractivity contribution is -0.137. The molecule has 1 fully saturated rings. The van der Waals surface area contributed by atoms with Crippen molar-refractivity contribution >= 4 is 16.0 Å². The lowest BCUT2D eigenvalue weighted by Crippen LogP contribution is -2.44. The summed E-state index contributed by atoms with van der Waals surface area (Å²) in [4.78, 5) is 10.7. The summed E-state index contributed by atoms with van der Waals surface area (Å²) in [6, 6.07) is -0.0198. The first kappa shape index (κ1) is 16.0. The molecule has 8 heteroatoms. The van der Waals surface area contributed by atoms with Gasteiger partial charge in [0.2, 0.25) is 10.0 Å². The van der Waals surface area contributed by atoms with E-state index >= 15 is 0 Å². The van der Waals surface area contributed by atoms with Gasteiger partial charge in [-0.25, -0.2) is 8.42 Å². The van der Waals surface area contributed by atoms with Crippen LogP contribution in [0.3, 0.4) is 0 Å². The number of hydrogen-bond acceptors (Lipinski definition) is 4. The van der Waals surface area contributed by atoms with E-state index in [4.69, 9.17) is 5.11 Å². The van der Waals surface area contributed by atoms with E-state index in [9.17, 15) is 13.2 Å². The molecule has 0 saturated carbocycles. The van der Waals surface area contributed by atoms with Crippen molar-refractivity contribution in [3.05, 3.63) is 12.4 Å². The van der Waals surface area contributed by atoms with Crippen molar-refractivity contribution < 1.29 is 18.3 Å². The van der Waals surface area contributed by atoms with E-state index < -0.39 is 16.0 Å². The van der Waals surface area contributed by atoms with Gasteiger partial charge in [0.25, 0.3) is 0 Å². The molecule has 21 heavy (non-hydrogen) atoms. The molecule has 1 N–H and O–H groups in total. The summed E-state index contributed by atoms with van der Waals surface area (Å²) >= 11 is 0. The Kier molecular flexibility index (Phi) is 4.67. The summed E-state index contributed by atoms with van der Waals surface area (Å²) in [5.74, 6) is -0.591. The van der Waals surface area contributed by atoms with E-state index in [1.54, 1.807) is 0 Å². The number of piperidine rings is 1. The quantitative estimate of drug-likeness (QED) is 0.880. The molecule has 0 aliphatic carbocycles. The molecule has 1 saturated heterocycles. The normalized spacial score (nSPS) is 24.1. The highest BCUT2D eigenvalue weighted by atomic mass is 32.2. The Hall–Kier alpha value is -1.41. The molecule has 7 nitrogen and oxygen atoms in total. The summed E-state index contributed by atoms with van der Waals surface area (Å²) in [5, 5.41) is 12.6. The van der Waals surface area contributed by atoms with Gasteiger partial charge in [-0.15, -0.1) is 0 Å². The van der Waals surface area contributed by atoms with Crippen molar-refractivity contribution in [1.82, 2.24) is 14.1 Å². The van der Waals surface area contributed by atoms with Crippen LogP contribution < -0.4 is 0 Å². The largest absolute Gasteiger partial charge is 0.481 e. The van der Waals surface area contributed by atoms with Crippen LogP contribution in [0.1, 0.15) is 33.1 Å². The molecule has 0 aromatic carbocycles. The molecule has 118 valence electrons. The summed E-state index contributed by atoms with van der Waals surface area (Å²) in [6.45, 7) is 4.64. The maximum absolute atomic E-state index is 12.7. The molecule has 1 aliphatic heterocycles. The van der Waals surface area contributed by atoms with Crippen molar-refractivity contribution in [3.8, 4) is 0 Å². The van der Waals surface area contributed by atoms with Crippen molar-refractivity contribution in [3.63, 3.8) is 0 Å². The van der Waals surface area contributed by atoms with Gasteiger partial charge in [-0.2, -0.15) is 9.40 Å². The average molecular weight is 315 g/mol. The van der Waals surface area contributed by atoms with Crippen molar-refractivity contribution in [2.45, 2.75) is 50.6 Å². The van der Waals surface area contributed by atoms with E-state index in [2.05, 4.69) is 5.10 Å². The number of hydrogen-bond donors (Lipinski definition) is 1. The van der Waals surface area contributed by atoms with Gasteiger partial charge in [-0.1, -0.05) is 6.92 Å². The molecule has 2 atom stereocenters. The number of nitrogens with zero attached hydrogens (tertiary/aromatic N) is 3. The number of carbonyl (C=O) groups is 1. The van der Waals surface area contributed by atoms with E-state index in [1.807, 2.05) is 13.8 Å². The zero-order valence-electron chi connectivity index (χ0n) is 12.3. The van der Waals surface area contributed by atoms with Gasteiger partial charge in [0, 0.05) is 18.8 Å². The Morgan fingerprint density at radius 3 is 2.81 bits per heavy atom. The fourth-order valence-corrected chi connectivity index (χ4v) is 4.26. The zero-order valence-corrected chi connectivity index (χ0v) is 13.1. The number of sulfonamides is 1. The van der Waals surface area contributed by atoms with Gasteiger partial charge in [0.1, 0.15) is 4.90 Å². The third kappa shape index (κ3) is 3.62. The maximum Gasteiger partial charge on any atom is 0.305 e. The second kappa shape index (κ2) is 6.15. The molecule has 0 spiro atoms. The predicted molar refractivity (Wildman–Crippen MR) is 76.2 cm³/mol. The van der Waals surface area contributed by atoms with Crippen LogP contribution in [-0.2, 0) is 21.4 Å². The summed E-state index contributed by atoms with van der Waals surface area (Å²) in [6.07, 6.45) is 4.50. The van der Waals surface area contributed by atoms with Crippen LogP contribution in [0.15, 0.2) is 17.3 Å². The van der Waals surface area contributed by atoms with Gasteiger partial charge in [0.05, 0.1) is 19.2 Å². The van der Waals surface area contributed by atoms with Crippen molar-refractivity contribution in [1.29, 1.82) is 0 Å². The molecule has 1 aromatic heterocycles. The van der Waals surface area contributed by atoms with Gasteiger partial charge >= 0.3 is 5.97 Å². The minimum absolute atomic E-state index is 0.0198. The van der Waals surface area contributed by atoms with Crippen LogP contribution in [0.2, 0.25) is 0 Å². The molecule has 0 amide bonds. The lowest BCUT2D eigenvalue weighted by atomic mass is 9.97. The van der Waals surface area contributed by atoms with Crippen molar-refractivity contribution in [2.24, 2.45) is 5.92 Å². The summed E-state index contributed by atoms with van der Waals surface area (Å²) < 4.78 is 28.2. The van der Waals surface area contributed by atoms with Gasteiger partial charge < -0.3 is 5.11 Å². The summed E-state index contributed by atoms with van der Waals surface area (Å²) in [7, 11) is -3.56. The molecule has 1 aliphatic rings. The fourth-order valence-electron chi connectivity index (χ4n) is 2.53. The van der Waals surface area contributed by atoms with E-state index in [1.165, 1.54) is 21.4 Å². The molecule has 2 rings (SSSR count). The molecular weight excluding hydrogens is 294 g/mol. The zero-order chi connectivity index (χ0) is 15.6. The van der Waals surface area contributed by atoms with E-state index in [-0.39, 0.29) is 23.9 Å². The van der Waals surface area contributed by atoms with Crippen LogP contribution in [0.5, 0.6) is 0 Å². The molecule has 2 heterocycles. The van der Waals surface area contributed by atoms with Gasteiger partial charge in [-0.05, 0) is 25.7 Å². The molecule has 2 unspecified atom stereocenters. The average Bonchev–Trinajstić information content (AvgIpc) is 2.88. The lowest BCUT2D eigenvalue weighted by Gasteiger charge is -2.35. The molecule has 1 aromatic rings. The van der Waals surface area contributed by atoms with E-state index in [0.29, 0.717) is 12.5 Å². The third-order valence-electron chi connectivity index (χ3n) is 3.83. The number of aliphatic carboxylic acids is 1. The van der Waals surface area contributed by atoms with Crippen LogP contribution in [0, 0.1) is 5.92 Å². The monoisotopic (exact) mass is 315 g/mol. The first-order valence-electron chi connectivity index (χ1n) is 7.07. The Labute approximate surface area is 124 Å². The minimum atomic E-state index is -3.56. The standard InChI is InChI=1S/C13H21N3O4S/c1-10-3-4-11(2)16(8-10)21(19,20)12-7-14-15(9-12)6-5-13(17)18/h7,9-11H,3-6,8H2,1-2H3,(H,17,18). The number of carboxylic acid groups (broad SMARTS) is 1. The second-order valence-electron chi connectivity index (χ2n) is 5.69. The van der Waals surface area contributed by atoms with E-state index in [0.717, 1.165) is 12.8 Å². The highest BCUT2D eigenvalue weighted by molar-refractivity contribution is 7.89. The molecular formula is C13H21N3O4S.